The van der Waals surface area contributed by atoms with Gasteiger partial charge in [-0.1, -0.05) is 19.9 Å². The number of ether oxygens (including phenoxy) is 2. The Morgan fingerprint density at radius 3 is 2.80 bits per heavy atom. The minimum Gasteiger partial charge on any atom is -0.486 e. The predicted molar refractivity (Wildman–Crippen MR) is 77.0 cm³/mol. The van der Waals surface area contributed by atoms with Crippen molar-refractivity contribution in [1.29, 1.82) is 0 Å². The standard InChI is InChI=1S/C15H22N2O3/c1-3-16-9-11(2)15(18)17-10-12-4-5-13-14(8-12)20-7-6-19-13/h4-5,8,11,16H,3,6-7,9-10H2,1-2H3,(H,17,18). The lowest BCUT2D eigenvalue weighted by Gasteiger charge is -2.19. The van der Waals surface area contributed by atoms with Gasteiger partial charge in [0, 0.05) is 19.0 Å². The number of fused-ring (bicyclic) bond motifs is 1. The molecule has 1 heterocycles. The zero-order valence-corrected chi connectivity index (χ0v) is 12.1. The second-order valence-corrected chi connectivity index (χ2v) is 4.90. The van der Waals surface area contributed by atoms with E-state index >= 15 is 0 Å². The Balaban J connectivity index is 1.86. The summed E-state index contributed by atoms with van der Waals surface area (Å²) in [4.78, 5) is 11.9. The lowest BCUT2D eigenvalue weighted by molar-refractivity contribution is -0.124. The molecule has 1 unspecified atom stereocenters. The fourth-order valence-electron chi connectivity index (χ4n) is 2.01. The molecular formula is C15H22N2O3. The van der Waals surface area contributed by atoms with Crippen LogP contribution in [-0.4, -0.2) is 32.2 Å². The van der Waals surface area contributed by atoms with Crippen LogP contribution in [0.1, 0.15) is 19.4 Å². The van der Waals surface area contributed by atoms with Crippen molar-refractivity contribution < 1.29 is 14.3 Å². The van der Waals surface area contributed by atoms with Gasteiger partial charge in [-0.2, -0.15) is 0 Å². The number of hydrogen-bond donors (Lipinski definition) is 2. The second-order valence-electron chi connectivity index (χ2n) is 4.90. The molecule has 1 aromatic rings. The number of amides is 1. The third kappa shape index (κ3) is 3.87. The first-order chi connectivity index (χ1) is 9.70. The lowest BCUT2D eigenvalue weighted by Crippen LogP contribution is -2.34. The van der Waals surface area contributed by atoms with Gasteiger partial charge >= 0.3 is 0 Å². The molecule has 1 aromatic carbocycles. The van der Waals surface area contributed by atoms with E-state index in [0.29, 0.717) is 26.3 Å². The molecular weight excluding hydrogens is 256 g/mol. The van der Waals surface area contributed by atoms with E-state index in [-0.39, 0.29) is 11.8 Å². The van der Waals surface area contributed by atoms with Crippen molar-refractivity contribution in [1.82, 2.24) is 10.6 Å². The third-order valence-corrected chi connectivity index (χ3v) is 3.22. The molecule has 1 atom stereocenters. The van der Waals surface area contributed by atoms with Gasteiger partial charge in [-0.25, -0.2) is 0 Å². The van der Waals surface area contributed by atoms with Gasteiger partial charge in [0.2, 0.25) is 5.91 Å². The topological polar surface area (TPSA) is 59.6 Å². The Kier molecular flexibility index (Phi) is 5.24. The number of carbonyl (C=O) groups is 1. The fraction of sp³-hybridized carbons (Fsp3) is 0.533. The summed E-state index contributed by atoms with van der Waals surface area (Å²) in [5.74, 6) is 1.54. The molecule has 1 aliphatic heterocycles. The molecule has 20 heavy (non-hydrogen) atoms. The van der Waals surface area contributed by atoms with Gasteiger partial charge in [0.15, 0.2) is 11.5 Å². The van der Waals surface area contributed by atoms with Crippen molar-refractivity contribution in [2.24, 2.45) is 5.92 Å². The maximum atomic E-state index is 11.9. The van der Waals surface area contributed by atoms with E-state index in [1.165, 1.54) is 0 Å². The number of carbonyl (C=O) groups excluding carboxylic acids is 1. The number of nitrogens with one attached hydrogen (secondary N) is 2. The molecule has 0 spiro atoms. The third-order valence-electron chi connectivity index (χ3n) is 3.22. The highest BCUT2D eigenvalue weighted by Crippen LogP contribution is 2.30. The van der Waals surface area contributed by atoms with Gasteiger partial charge in [0.05, 0.1) is 0 Å². The summed E-state index contributed by atoms with van der Waals surface area (Å²) in [5.41, 5.74) is 1.01. The molecule has 5 heteroatoms. The molecule has 1 aliphatic rings. The van der Waals surface area contributed by atoms with Crippen molar-refractivity contribution in [2.45, 2.75) is 20.4 Å². The molecule has 0 saturated carbocycles. The second kappa shape index (κ2) is 7.14. The van der Waals surface area contributed by atoms with Crippen LogP contribution in [0.5, 0.6) is 11.5 Å². The van der Waals surface area contributed by atoms with E-state index in [1.54, 1.807) is 0 Å². The molecule has 0 radical (unpaired) electrons. The van der Waals surface area contributed by atoms with E-state index in [1.807, 2.05) is 32.0 Å². The Morgan fingerprint density at radius 2 is 2.05 bits per heavy atom. The maximum Gasteiger partial charge on any atom is 0.224 e. The SMILES string of the molecule is CCNCC(C)C(=O)NCc1ccc2c(c1)OCCO2. The molecule has 2 rings (SSSR count). The van der Waals surface area contributed by atoms with Crippen LogP contribution in [-0.2, 0) is 11.3 Å². The van der Waals surface area contributed by atoms with E-state index in [2.05, 4.69) is 10.6 Å². The van der Waals surface area contributed by atoms with Crippen LogP contribution >= 0.6 is 0 Å². The van der Waals surface area contributed by atoms with Gasteiger partial charge < -0.3 is 20.1 Å². The van der Waals surface area contributed by atoms with Crippen LogP contribution < -0.4 is 20.1 Å². The smallest absolute Gasteiger partial charge is 0.224 e. The Hall–Kier alpha value is -1.75. The lowest BCUT2D eigenvalue weighted by atomic mass is 10.1. The minimum absolute atomic E-state index is 0.0350. The minimum atomic E-state index is -0.0350. The normalized spacial score (nSPS) is 14.7. The summed E-state index contributed by atoms with van der Waals surface area (Å²) >= 11 is 0. The largest absolute Gasteiger partial charge is 0.486 e. The van der Waals surface area contributed by atoms with Crippen molar-refractivity contribution in [3.63, 3.8) is 0 Å². The summed E-state index contributed by atoms with van der Waals surface area (Å²) in [6, 6.07) is 5.75. The van der Waals surface area contributed by atoms with Crippen molar-refractivity contribution >= 4 is 5.91 Å². The highest BCUT2D eigenvalue weighted by molar-refractivity contribution is 5.78. The first kappa shape index (κ1) is 14.7. The summed E-state index contributed by atoms with van der Waals surface area (Å²) in [6.45, 7) is 7.18. The average molecular weight is 278 g/mol. The van der Waals surface area contributed by atoms with Gasteiger partial charge in [0.25, 0.3) is 0 Å². The van der Waals surface area contributed by atoms with E-state index in [4.69, 9.17) is 9.47 Å². The van der Waals surface area contributed by atoms with Crippen molar-refractivity contribution in [3.05, 3.63) is 23.8 Å². The highest BCUT2D eigenvalue weighted by atomic mass is 16.6. The molecule has 0 aliphatic carbocycles. The molecule has 110 valence electrons. The zero-order valence-electron chi connectivity index (χ0n) is 12.1. The molecule has 0 aromatic heterocycles. The maximum absolute atomic E-state index is 11.9. The van der Waals surface area contributed by atoms with E-state index in [0.717, 1.165) is 23.6 Å². The van der Waals surface area contributed by atoms with E-state index < -0.39 is 0 Å². The Labute approximate surface area is 119 Å². The summed E-state index contributed by atoms with van der Waals surface area (Å²) in [6.07, 6.45) is 0. The summed E-state index contributed by atoms with van der Waals surface area (Å²) < 4.78 is 11.0. The molecule has 2 N–H and O–H groups in total. The highest BCUT2D eigenvalue weighted by Gasteiger charge is 2.14. The Bertz CT molecular complexity index is 462. The quantitative estimate of drug-likeness (QED) is 0.824. The van der Waals surface area contributed by atoms with Crippen LogP contribution in [0.25, 0.3) is 0 Å². The average Bonchev–Trinajstić information content (AvgIpc) is 2.50. The molecule has 0 fully saturated rings. The molecule has 5 nitrogen and oxygen atoms in total. The van der Waals surface area contributed by atoms with Gasteiger partial charge in [-0.3, -0.25) is 4.79 Å². The van der Waals surface area contributed by atoms with Crippen LogP contribution in [0.15, 0.2) is 18.2 Å². The Morgan fingerprint density at radius 1 is 1.30 bits per heavy atom. The fourth-order valence-corrected chi connectivity index (χ4v) is 2.01. The van der Waals surface area contributed by atoms with Gasteiger partial charge in [-0.05, 0) is 24.2 Å². The van der Waals surface area contributed by atoms with Crippen LogP contribution in [0.2, 0.25) is 0 Å². The first-order valence-electron chi connectivity index (χ1n) is 7.07. The molecule has 1 amide bonds. The summed E-state index contributed by atoms with van der Waals surface area (Å²) in [7, 11) is 0. The van der Waals surface area contributed by atoms with E-state index in [9.17, 15) is 4.79 Å². The van der Waals surface area contributed by atoms with Crippen molar-refractivity contribution in [2.75, 3.05) is 26.3 Å². The number of rotatable bonds is 6. The van der Waals surface area contributed by atoms with Crippen LogP contribution in [0.4, 0.5) is 0 Å². The molecule has 0 saturated heterocycles. The number of benzene rings is 1. The van der Waals surface area contributed by atoms with Crippen LogP contribution in [0.3, 0.4) is 0 Å². The monoisotopic (exact) mass is 278 g/mol. The first-order valence-corrected chi connectivity index (χ1v) is 7.07. The van der Waals surface area contributed by atoms with Gasteiger partial charge in [0.1, 0.15) is 13.2 Å². The van der Waals surface area contributed by atoms with Gasteiger partial charge in [-0.15, -0.1) is 0 Å². The van der Waals surface area contributed by atoms with Crippen molar-refractivity contribution in [3.8, 4) is 11.5 Å². The summed E-state index contributed by atoms with van der Waals surface area (Å²) in [5, 5.41) is 6.11. The zero-order chi connectivity index (χ0) is 14.4. The predicted octanol–water partition coefficient (Wildman–Crippen LogP) is 1.32. The molecule has 0 bridgehead atoms. The number of hydrogen-bond acceptors (Lipinski definition) is 4. The van der Waals surface area contributed by atoms with Crippen LogP contribution in [0, 0.1) is 5.92 Å².